The molecule has 2 N–H and O–H groups in total. The standard InChI is InChI=1S/C19H34N4O5/c1-8-9-10-14(16(24)25)23-12-20-22-15(23)13(11-27-18(2,3)4)21-17(26)28-19(5,6)7/h12-14H,8-11H2,1-7H3,(H,21,26)(H,24,25)/t13-,14?/m0/s1. The lowest BCUT2D eigenvalue weighted by Gasteiger charge is -2.27. The van der Waals surface area contributed by atoms with E-state index in [1.165, 1.54) is 10.9 Å². The van der Waals surface area contributed by atoms with Crippen molar-refractivity contribution in [3.8, 4) is 0 Å². The molecule has 0 aromatic carbocycles. The van der Waals surface area contributed by atoms with Crippen molar-refractivity contribution >= 4 is 12.1 Å². The summed E-state index contributed by atoms with van der Waals surface area (Å²) in [5.41, 5.74) is -1.12. The number of aliphatic carboxylic acids is 1. The van der Waals surface area contributed by atoms with Crippen LogP contribution in [0.2, 0.25) is 0 Å². The van der Waals surface area contributed by atoms with Crippen molar-refractivity contribution in [1.29, 1.82) is 0 Å². The Morgan fingerprint density at radius 1 is 1.21 bits per heavy atom. The summed E-state index contributed by atoms with van der Waals surface area (Å²) < 4.78 is 12.6. The molecule has 0 spiro atoms. The van der Waals surface area contributed by atoms with E-state index in [1.54, 1.807) is 20.8 Å². The monoisotopic (exact) mass is 398 g/mol. The second-order valence-corrected chi connectivity index (χ2v) is 8.71. The van der Waals surface area contributed by atoms with Crippen LogP contribution in [0.15, 0.2) is 6.33 Å². The third-order valence-corrected chi connectivity index (χ3v) is 3.74. The lowest BCUT2D eigenvalue weighted by Crippen LogP contribution is -2.39. The van der Waals surface area contributed by atoms with Crippen LogP contribution in [0.5, 0.6) is 0 Å². The van der Waals surface area contributed by atoms with Crippen LogP contribution in [0.1, 0.15) is 85.6 Å². The Balaban J connectivity index is 3.14. The Hall–Kier alpha value is -2.16. The summed E-state index contributed by atoms with van der Waals surface area (Å²) in [5, 5.41) is 20.3. The molecule has 9 nitrogen and oxygen atoms in total. The van der Waals surface area contributed by atoms with Gasteiger partial charge in [-0.3, -0.25) is 0 Å². The highest BCUT2D eigenvalue weighted by molar-refractivity contribution is 5.72. The minimum absolute atomic E-state index is 0.0988. The van der Waals surface area contributed by atoms with Crippen molar-refractivity contribution in [2.75, 3.05) is 6.61 Å². The average molecular weight is 399 g/mol. The molecule has 9 heteroatoms. The zero-order valence-corrected chi connectivity index (χ0v) is 18.0. The van der Waals surface area contributed by atoms with Gasteiger partial charge in [-0.15, -0.1) is 10.2 Å². The van der Waals surface area contributed by atoms with E-state index < -0.39 is 35.3 Å². The second-order valence-electron chi connectivity index (χ2n) is 8.71. The molecule has 160 valence electrons. The number of nitrogens with zero attached hydrogens (tertiary/aromatic N) is 3. The molecule has 0 aliphatic rings. The Bertz CT molecular complexity index is 645. The van der Waals surface area contributed by atoms with Crippen LogP contribution >= 0.6 is 0 Å². The van der Waals surface area contributed by atoms with E-state index >= 15 is 0 Å². The normalized spacial score (nSPS) is 14.4. The molecule has 0 saturated carbocycles. The lowest BCUT2D eigenvalue weighted by molar-refractivity contribution is -0.141. The quantitative estimate of drug-likeness (QED) is 0.654. The van der Waals surface area contributed by atoms with Gasteiger partial charge in [0.1, 0.15) is 24.0 Å². The Labute approximate surface area is 166 Å². The minimum Gasteiger partial charge on any atom is -0.480 e. The minimum atomic E-state index is -0.970. The molecule has 0 fully saturated rings. The van der Waals surface area contributed by atoms with Crippen molar-refractivity contribution in [3.63, 3.8) is 0 Å². The van der Waals surface area contributed by atoms with Gasteiger partial charge in [-0.1, -0.05) is 19.8 Å². The number of carbonyl (C=O) groups excluding carboxylic acids is 1. The van der Waals surface area contributed by atoms with E-state index in [0.717, 1.165) is 12.8 Å². The molecular formula is C19H34N4O5. The molecule has 0 aliphatic carbocycles. The van der Waals surface area contributed by atoms with Crippen molar-refractivity contribution < 1.29 is 24.2 Å². The van der Waals surface area contributed by atoms with E-state index in [9.17, 15) is 14.7 Å². The van der Waals surface area contributed by atoms with Crippen LogP contribution in [0.25, 0.3) is 0 Å². The van der Waals surface area contributed by atoms with Gasteiger partial charge in [0.25, 0.3) is 0 Å². The second kappa shape index (κ2) is 9.86. The maximum atomic E-state index is 12.3. The van der Waals surface area contributed by atoms with E-state index in [0.29, 0.717) is 12.2 Å². The smallest absolute Gasteiger partial charge is 0.408 e. The van der Waals surface area contributed by atoms with Crippen LogP contribution in [0.3, 0.4) is 0 Å². The zero-order chi connectivity index (χ0) is 21.5. The van der Waals surface area contributed by atoms with Gasteiger partial charge in [0, 0.05) is 0 Å². The topological polar surface area (TPSA) is 116 Å². The molecule has 0 aliphatic heterocycles. The average Bonchev–Trinajstić information content (AvgIpc) is 2.98. The van der Waals surface area contributed by atoms with Gasteiger partial charge >= 0.3 is 12.1 Å². The van der Waals surface area contributed by atoms with Gasteiger partial charge in [0.2, 0.25) is 0 Å². The summed E-state index contributed by atoms with van der Waals surface area (Å²) >= 11 is 0. The fourth-order valence-corrected chi connectivity index (χ4v) is 2.48. The molecule has 0 saturated heterocycles. The van der Waals surface area contributed by atoms with Gasteiger partial charge in [-0.05, 0) is 48.0 Å². The first kappa shape index (κ1) is 23.9. The predicted molar refractivity (Wildman–Crippen MR) is 104 cm³/mol. The zero-order valence-electron chi connectivity index (χ0n) is 18.0. The van der Waals surface area contributed by atoms with Gasteiger partial charge in [0.05, 0.1) is 12.2 Å². The molecule has 0 bridgehead atoms. The van der Waals surface area contributed by atoms with Crippen molar-refractivity contribution in [2.24, 2.45) is 0 Å². The van der Waals surface area contributed by atoms with Crippen molar-refractivity contribution in [3.05, 3.63) is 12.2 Å². The molecule has 1 unspecified atom stereocenters. The van der Waals surface area contributed by atoms with Crippen molar-refractivity contribution in [2.45, 2.75) is 91.0 Å². The molecule has 1 amide bonds. The van der Waals surface area contributed by atoms with Gasteiger partial charge in [-0.25, -0.2) is 9.59 Å². The highest BCUT2D eigenvalue weighted by Gasteiger charge is 2.30. The third-order valence-electron chi connectivity index (χ3n) is 3.74. The molecule has 0 radical (unpaired) electrons. The van der Waals surface area contributed by atoms with Crippen LogP contribution in [-0.2, 0) is 14.3 Å². The van der Waals surface area contributed by atoms with Crippen LogP contribution < -0.4 is 5.32 Å². The highest BCUT2D eigenvalue weighted by Crippen LogP contribution is 2.23. The number of ether oxygens (including phenoxy) is 2. The number of hydrogen-bond donors (Lipinski definition) is 2. The highest BCUT2D eigenvalue weighted by atomic mass is 16.6. The maximum Gasteiger partial charge on any atom is 0.408 e. The number of nitrogens with one attached hydrogen (secondary N) is 1. The van der Waals surface area contributed by atoms with Gasteiger partial charge < -0.3 is 24.5 Å². The number of alkyl carbamates (subject to hydrolysis) is 1. The SMILES string of the molecule is CCCCC(C(=O)O)n1cnnc1[C@H](COC(C)(C)C)NC(=O)OC(C)(C)C. The first-order valence-corrected chi connectivity index (χ1v) is 9.59. The van der Waals surface area contributed by atoms with Crippen LogP contribution in [0.4, 0.5) is 4.79 Å². The number of unbranched alkanes of at least 4 members (excludes halogenated alkanes) is 1. The number of carboxylic acid groups (broad SMARTS) is 1. The number of aromatic nitrogens is 3. The number of hydrogen-bond acceptors (Lipinski definition) is 6. The number of carboxylic acids is 1. The number of rotatable bonds is 9. The largest absolute Gasteiger partial charge is 0.480 e. The van der Waals surface area contributed by atoms with E-state index in [-0.39, 0.29) is 6.61 Å². The summed E-state index contributed by atoms with van der Waals surface area (Å²) in [5.74, 6) is -0.652. The number of amides is 1. The first-order valence-electron chi connectivity index (χ1n) is 9.59. The Kier molecular flexibility index (Phi) is 8.41. The molecule has 1 heterocycles. The molecule has 2 atom stereocenters. The Morgan fingerprint density at radius 2 is 1.86 bits per heavy atom. The van der Waals surface area contributed by atoms with Crippen LogP contribution in [0, 0.1) is 0 Å². The summed E-state index contributed by atoms with van der Waals surface area (Å²) in [6.45, 7) is 13.1. The third kappa shape index (κ3) is 8.24. The summed E-state index contributed by atoms with van der Waals surface area (Å²) in [6.07, 6.45) is 2.80. The Morgan fingerprint density at radius 3 is 2.36 bits per heavy atom. The predicted octanol–water partition coefficient (Wildman–Crippen LogP) is 3.47. The molecule has 1 rings (SSSR count). The van der Waals surface area contributed by atoms with Crippen LogP contribution in [-0.4, -0.2) is 49.7 Å². The fraction of sp³-hybridized carbons (Fsp3) is 0.789. The summed E-state index contributed by atoms with van der Waals surface area (Å²) in [7, 11) is 0. The maximum absolute atomic E-state index is 12.3. The number of carbonyl (C=O) groups is 2. The summed E-state index contributed by atoms with van der Waals surface area (Å²) in [6, 6.07) is -1.53. The van der Waals surface area contributed by atoms with E-state index in [4.69, 9.17) is 9.47 Å². The van der Waals surface area contributed by atoms with Gasteiger partial charge in [-0.2, -0.15) is 0 Å². The van der Waals surface area contributed by atoms with Crippen molar-refractivity contribution in [1.82, 2.24) is 20.1 Å². The first-order chi connectivity index (χ1) is 12.8. The molecule has 28 heavy (non-hydrogen) atoms. The molecular weight excluding hydrogens is 364 g/mol. The molecule has 1 aromatic heterocycles. The fourth-order valence-electron chi connectivity index (χ4n) is 2.48. The summed E-state index contributed by atoms with van der Waals surface area (Å²) in [4.78, 5) is 24.1. The van der Waals surface area contributed by atoms with E-state index in [1.807, 2.05) is 27.7 Å². The van der Waals surface area contributed by atoms with E-state index in [2.05, 4.69) is 15.5 Å². The van der Waals surface area contributed by atoms with Gasteiger partial charge in [0.15, 0.2) is 5.82 Å². The molecule has 1 aromatic rings. The lowest BCUT2D eigenvalue weighted by atomic mass is 10.1.